The largest absolute Gasteiger partial charge is 0.456 e. The molecule has 1 aliphatic heterocycles. The number of fused-ring (bicyclic) bond motifs is 8. The van der Waals surface area contributed by atoms with Crippen LogP contribution in [0.2, 0.25) is 0 Å². The number of nitrogens with zero attached hydrogens (tertiary/aromatic N) is 2. The highest BCUT2D eigenvalue weighted by molar-refractivity contribution is 7.26. The number of rotatable bonds is 5. The summed E-state index contributed by atoms with van der Waals surface area (Å²) < 4.78 is 8.94. The van der Waals surface area contributed by atoms with Gasteiger partial charge in [0.25, 0.3) is 0 Å². The van der Waals surface area contributed by atoms with E-state index in [0.29, 0.717) is 0 Å². The Labute approximate surface area is 323 Å². The second-order valence-electron chi connectivity index (χ2n) is 14.9. The first-order valence-electron chi connectivity index (χ1n) is 18.8. The van der Waals surface area contributed by atoms with Gasteiger partial charge in [0, 0.05) is 53.6 Å². The van der Waals surface area contributed by atoms with Crippen molar-refractivity contribution in [2.45, 2.75) is 19.3 Å². The van der Waals surface area contributed by atoms with E-state index >= 15 is 0 Å². The molecular formula is C51H36N2OS. The predicted octanol–water partition coefficient (Wildman–Crippen LogP) is 15.2. The van der Waals surface area contributed by atoms with E-state index in [2.05, 4.69) is 194 Å². The minimum absolute atomic E-state index is 0.126. The van der Waals surface area contributed by atoms with Crippen LogP contribution >= 0.6 is 11.3 Å². The number of thiophene rings is 1. The zero-order valence-corrected chi connectivity index (χ0v) is 31.3. The Morgan fingerprint density at radius 1 is 0.527 bits per heavy atom. The van der Waals surface area contributed by atoms with Crippen molar-refractivity contribution in [3.05, 3.63) is 193 Å². The summed E-state index contributed by atoms with van der Waals surface area (Å²) in [7, 11) is 0. The summed E-state index contributed by atoms with van der Waals surface area (Å²) in [6.07, 6.45) is 0. The Hall–Kier alpha value is -6.62. The Balaban J connectivity index is 1.11. The van der Waals surface area contributed by atoms with Crippen LogP contribution in [0, 0.1) is 0 Å². The first-order valence-corrected chi connectivity index (χ1v) is 19.7. The normalized spacial score (nSPS) is 13.4. The van der Waals surface area contributed by atoms with Gasteiger partial charge in [0.15, 0.2) is 0 Å². The number of hydrogen-bond donors (Lipinski definition) is 0. The summed E-state index contributed by atoms with van der Waals surface area (Å²) in [6, 6.07) is 65.9. The van der Waals surface area contributed by atoms with Gasteiger partial charge in [-0.15, -0.1) is 11.3 Å². The van der Waals surface area contributed by atoms with Crippen LogP contribution in [0.4, 0.5) is 34.1 Å². The molecule has 0 fully saturated rings. The number of para-hydroxylation sites is 4. The quantitative estimate of drug-likeness (QED) is 0.176. The molecule has 11 rings (SSSR count). The fraction of sp³-hybridized carbons (Fsp3) is 0.0588. The van der Waals surface area contributed by atoms with Crippen LogP contribution in [0.3, 0.4) is 0 Å². The molecule has 55 heavy (non-hydrogen) atoms. The maximum Gasteiger partial charge on any atom is 0.137 e. The monoisotopic (exact) mass is 724 g/mol. The van der Waals surface area contributed by atoms with E-state index in [4.69, 9.17) is 4.42 Å². The van der Waals surface area contributed by atoms with Crippen molar-refractivity contribution in [3.8, 4) is 11.1 Å². The lowest BCUT2D eigenvalue weighted by molar-refractivity contribution is 0.632. The van der Waals surface area contributed by atoms with Crippen molar-refractivity contribution in [2.75, 3.05) is 9.80 Å². The standard InChI is InChI=1S/C51H36N2OS/c1-51(2)41-19-8-10-21-43(41)53(44-22-11-9-20-42(44)51)36-31-39(50-40(32-36)37-17-7-13-26-48(37)55-50)33-27-29-35(30-28-33)52(34-15-4-3-5-16-34)45-23-14-25-47-49(45)38-18-6-12-24-46(38)54-47/h3-32H,1-2H3. The first kappa shape index (κ1) is 31.9. The van der Waals surface area contributed by atoms with Gasteiger partial charge in [-0.25, -0.2) is 0 Å². The van der Waals surface area contributed by atoms with E-state index in [1.165, 1.54) is 53.8 Å². The SMILES string of the molecule is CC1(C)c2ccccc2N(c2cc(-c3ccc(N(c4ccccc4)c4cccc5oc6ccccc6c45)cc3)c3sc4ccccc4c3c2)c2ccccc21. The van der Waals surface area contributed by atoms with Crippen LogP contribution in [0.1, 0.15) is 25.0 Å². The summed E-state index contributed by atoms with van der Waals surface area (Å²) in [5.74, 6) is 0. The Morgan fingerprint density at radius 3 is 1.91 bits per heavy atom. The fourth-order valence-electron chi connectivity index (χ4n) is 8.84. The molecule has 262 valence electrons. The van der Waals surface area contributed by atoms with Gasteiger partial charge in [0.05, 0.1) is 22.4 Å². The minimum atomic E-state index is -0.126. The minimum Gasteiger partial charge on any atom is -0.456 e. The maximum atomic E-state index is 6.34. The molecule has 10 aromatic rings. The average Bonchev–Trinajstić information content (AvgIpc) is 3.81. The molecule has 0 amide bonds. The van der Waals surface area contributed by atoms with E-state index < -0.39 is 0 Å². The highest BCUT2D eigenvalue weighted by atomic mass is 32.1. The fourth-order valence-corrected chi connectivity index (χ4v) is 10.1. The molecule has 2 aromatic heterocycles. The molecule has 0 bridgehead atoms. The van der Waals surface area contributed by atoms with Crippen molar-refractivity contribution in [3.63, 3.8) is 0 Å². The Bertz CT molecular complexity index is 3030. The molecule has 0 saturated heterocycles. The van der Waals surface area contributed by atoms with Crippen molar-refractivity contribution >= 4 is 87.6 Å². The molecular weight excluding hydrogens is 689 g/mol. The third kappa shape index (κ3) is 4.88. The van der Waals surface area contributed by atoms with E-state index in [-0.39, 0.29) is 5.41 Å². The maximum absolute atomic E-state index is 6.34. The zero-order valence-electron chi connectivity index (χ0n) is 30.5. The summed E-state index contributed by atoms with van der Waals surface area (Å²) in [5.41, 5.74) is 13.6. The molecule has 3 heterocycles. The lowest BCUT2D eigenvalue weighted by Crippen LogP contribution is -2.30. The molecule has 1 aliphatic rings. The molecule has 4 heteroatoms. The van der Waals surface area contributed by atoms with Crippen molar-refractivity contribution in [1.82, 2.24) is 0 Å². The van der Waals surface area contributed by atoms with Gasteiger partial charge in [-0.3, -0.25) is 0 Å². The van der Waals surface area contributed by atoms with Crippen molar-refractivity contribution in [1.29, 1.82) is 0 Å². The van der Waals surface area contributed by atoms with Crippen molar-refractivity contribution in [2.24, 2.45) is 0 Å². The van der Waals surface area contributed by atoms with Crippen LogP contribution in [0.25, 0.3) is 53.2 Å². The molecule has 0 atom stereocenters. The summed E-state index contributed by atoms with van der Waals surface area (Å²) in [4.78, 5) is 4.83. The van der Waals surface area contributed by atoms with E-state index in [9.17, 15) is 0 Å². The lowest BCUT2D eigenvalue weighted by atomic mass is 9.73. The molecule has 0 N–H and O–H groups in total. The summed E-state index contributed by atoms with van der Waals surface area (Å²) in [6.45, 7) is 4.69. The summed E-state index contributed by atoms with van der Waals surface area (Å²) in [5, 5.41) is 4.79. The average molecular weight is 725 g/mol. The second kappa shape index (κ2) is 12.2. The second-order valence-corrected chi connectivity index (χ2v) is 16.0. The molecule has 0 radical (unpaired) electrons. The van der Waals surface area contributed by atoms with E-state index in [1.54, 1.807) is 0 Å². The number of furan rings is 1. The lowest BCUT2D eigenvalue weighted by Gasteiger charge is -2.42. The van der Waals surface area contributed by atoms with Gasteiger partial charge in [-0.05, 0) is 89.5 Å². The number of hydrogen-bond acceptors (Lipinski definition) is 4. The van der Waals surface area contributed by atoms with Crippen LogP contribution in [-0.4, -0.2) is 0 Å². The van der Waals surface area contributed by atoms with Gasteiger partial charge in [0.2, 0.25) is 0 Å². The van der Waals surface area contributed by atoms with Crippen LogP contribution in [-0.2, 0) is 5.41 Å². The van der Waals surface area contributed by atoms with Crippen molar-refractivity contribution < 1.29 is 4.42 Å². The molecule has 0 aliphatic carbocycles. The molecule has 0 unspecified atom stereocenters. The highest BCUT2D eigenvalue weighted by Gasteiger charge is 2.36. The number of anilines is 6. The predicted molar refractivity (Wildman–Crippen MR) is 234 cm³/mol. The zero-order chi connectivity index (χ0) is 36.7. The Kier molecular flexibility index (Phi) is 7.07. The van der Waals surface area contributed by atoms with E-state index in [1.807, 2.05) is 23.5 Å². The van der Waals surface area contributed by atoms with Gasteiger partial charge < -0.3 is 14.2 Å². The highest BCUT2D eigenvalue weighted by Crippen LogP contribution is 2.54. The molecule has 3 nitrogen and oxygen atoms in total. The van der Waals surface area contributed by atoms with Gasteiger partial charge in [0.1, 0.15) is 11.2 Å². The molecule has 0 saturated carbocycles. The smallest absolute Gasteiger partial charge is 0.137 e. The third-order valence-electron chi connectivity index (χ3n) is 11.4. The third-order valence-corrected chi connectivity index (χ3v) is 12.6. The van der Waals surface area contributed by atoms with Crippen LogP contribution in [0.5, 0.6) is 0 Å². The van der Waals surface area contributed by atoms with Gasteiger partial charge in [-0.1, -0.05) is 123 Å². The van der Waals surface area contributed by atoms with Crippen LogP contribution in [0.15, 0.2) is 186 Å². The van der Waals surface area contributed by atoms with Crippen LogP contribution < -0.4 is 9.80 Å². The topological polar surface area (TPSA) is 19.6 Å². The van der Waals surface area contributed by atoms with Gasteiger partial charge >= 0.3 is 0 Å². The van der Waals surface area contributed by atoms with E-state index in [0.717, 1.165) is 44.7 Å². The van der Waals surface area contributed by atoms with Gasteiger partial charge in [-0.2, -0.15) is 0 Å². The first-order chi connectivity index (χ1) is 27.0. The Morgan fingerprint density at radius 2 is 1.15 bits per heavy atom. The summed E-state index contributed by atoms with van der Waals surface area (Å²) >= 11 is 1.88. The molecule has 8 aromatic carbocycles. The number of benzene rings is 8. The molecule has 0 spiro atoms.